The lowest BCUT2D eigenvalue weighted by Gasteiger charge is -2.08. The van der Waals surface area contributed by atoms with Gasteiger partial charge in [0, 0.05) is 15.8 Å². The van der Waals surface area contributed by atoms with Gasteiger partial charge in [0.25, 0.3) is 5.91 Å². The zero-order chi connectivity index (χ0) is 16.4. The van der Waals surface area contributed by atoms with E-state index in [1.165, 1.54) is 35.6 Å². The Kier molecular flexibility index (Phi) is 4.56. The molecule has 3 rings (SSSR count). The van der Waals surface area contributed by atoms with Crippen LogP contribution < -0.4 is 10.6 Å². The van der Waals surface area contributed by atoms with Gasteiger partial charge in [-0.3, -0.25) is 10.1 Å². The van der Waals surface area contributed by atoms with Crippen LogP contribution in [0, 0.1) is 5.82 Å². The topological polar surface area (TPSA) is 41.1 Å². The molecule has 3 nitrogen and oxygen atoms in total. The Morgan fingerprint density at radius 3 is 2.52 bits per heavy atom. The molecule has 2 aromatic carbocycles. The van der Waals surface area contributed by atoms with E-state index in [-0.39, 0.29) is 16.8 Å². The molecular weight excluding hydrogens is 355 g/mol. The Morgan fingerprint density at radius 2 is 1.83 bits per heavy atom. The van der Waals surface area contributed by atoms with Gasteiger partial charge in [0.1, 0.15) is 10.7 Å². The zero-order valence-corrected chi connectivity index (χ0v) is 14.0. The van der Waals surface area contributed by atoms with Crippen LogP contribution in [-0.4, -0.2) is 11.0 Å². The summed E-state index contributed by atoms with van der Waals surface area (Å²) in [6.45, 7) is 0. The number of thiocarbonyl (C=S) groups is 1. The highest BCUT2D eigenvalue weighted by molar-refractivity contribution is 7.80. The second-order valence-corrected chi connectivity index (χ2v) is 6.49. The van der Waals surface area contributed by atoms with Gasteiger partial charge in [-0.1, -0.05) is 29.8 Å². The maximum atomic E-state index is 12.9. The second kappa shape index (κ2) is 6.62. The third kappa shape index (κ3) is 3.50. The quantitative estimate of drug-likeness (QED) is 0.640. The molecule has 0 aliphatic heterocycles. The number of hydrogen-bond acceptors (Lipinski definition) is 3. The lowest BCUT2D eigenvalue weighted by atomic mass is 10.2. The van der Waals surface area contributed by atoms with Crippen molar-refractivity contribution in [1.82, 2.24) is 5.32 Å². The van der Waals surface area contributed by atoms with Crippen LogP contribution in [0.2, 0.25) is 5.02 Å². The molecule has 2 N–H and O–H groups in total. The molecule has 0 saturated heterocycles. The minimum Gasteiger partial charge on any atom is -0.332 e. The van der Waals surface area contributed by atoms with Gasteiger partial charge < -0.3 is 5.32 Å². The third-order valence-electron chi connectivity index (χ3n) is 3.07. The number of halogens is 2. The summed E-state index contributed by atoms with van der Waals surface area (Å²) in [5.41, 5.74) is 0.583. The predicted molar refractivity (Wildman–Crippen MR) is 96.9 cm³/mol. The molecule has 0 radical (unpaired) electrons. The molecule has 0 spiro atoms. The van der Waals surface area contributed by atoms with E-state index in [1.807, 2.05) is 24.3 Å². The van der Waals surface area contributed by atoms with E-state index < -0.39 is 0 Å². The van der Waals surface area contributed by atoms with Crippen LogP contribution in [0.4, 0.5) is 10.1 Å². The summed E-state index contributed by atoms with van der Waals surface area (Å²) in [5, 5.41) is 6.76. The normalized spacial score (nSPS) is 10.5. The Balaban J connectivity index is 1.73. The molecule has 1 aromatic heterocycles. The van der Waals surface area contributed by atoms with Gasteiger partial charge >= 0.3 is 0 Å². The van der Waals surface area contributed by atoms with E-state index in [1.54, 1.807) is 0 Å². The fourth-order valence-corrected chi connectivity index (χ4v) is 3.64. The molecular formula is C16H10ClFN2OS2. The van der Waals surface area contributed by atoms with Crippen LogP contribution in [-0.2, 0) is 0 Å². The van der Waals surface area contributed by atoms with Gasteiger partial charge in [-0.05, 0) is 42.5 Å². The number of carbonyl (C=O) groups is 1. The molecule has 1 amide bonds. The number of anilines is 1. The molecule has 0 aliphatic carbocycles. The number of fused-ring (bicyclic) bond motifs is 1. The van der Waals surface area contributed by atoms with E-state index in [2.05, 4.69) is 10.6 Å². The van der Waals surface area contributed by atoms with Crippen molar-refractivity contribution in [3.05, 3.63) is 64.2 Å². The van der Waals surface area contributed by atoms with Gasteiger partial charge in [0.2, 0.25) is 0 Å². The van der Waals surface area contributed by atoms with Gasteiger partial charge in [0.05, 0.1) is 5.02 Å². The number of hydrogen-bond donors (Lipinski definition) is 2. The SMILES string of the molecule is O=C(NC(=S)Nc1ccc(F)cc1)c1sc2ccccc2c1Cl. The van der Waals surface area contributed by atoms with Gasteiger partial charge in [-0.2, -0.15) is 0 Å². The minimum absolute atomic E-state index is 0.120. The lowest BCUT2D eigenvalue weighted by Crippen LogP contribution is -2.33. The molecule has 0 fully saturated rings. The highest BCUT2D eigenvalue weighted by atomic mass is 35.5. The first-order valence-corrected chi connectivity index (χ1v) is 8.20. The summed E-state index contributed by atoms with van der Waals surface area (Å²) in [5.74, 6) is -0.724. The van der Waals surface area contributed by atoms with Crippen molar-refractivity contribution in [3.63, 3.8) is 0 Å². The fraction of sp³-hybridized carbons (Fsp3) is 0. The molecule has 1 heterocycles. The molecule has 23 heavy (non-hydrogen) atoms. The predicted octanol–water partition coefficient (Wildman–Crippen LogP) is 4.82. The first-order chi connectivity index (χ1) is 11.0. The van der Waals surface area contributed by atoms with Crippen LogP contribution in [0.15, 0.2) is 48.5 Å². The minimum atomic E-state index is -0.379. The van der Waals surface area contributed by atoms with Crippen molar-refractivity contribution in [2.24, 2.45) is 0 Å². The van der Waals surface area contributed by atoms with Gasteiger partial charge in [0.15, 0.2) is 5.11 Å². The first kappa shape index (κ1) is 15.9. The van der Waals surface area contributed by atoms with Crippen LogP contribution >= 0.6 is 35.2 Å². The number of benzene rings is 2. The van der Waals surface area contributed by atoms with Gasteiger partial charge in [-0.25, -0.2) is 4.39 Å². The van der Waals surface area contributed by atoms with Crippen molar-refractivity contribution in [2.45, 2.75) is 0 Å². The Labute approximate surface area is 146 Å². The lowest BCUT2D eigenvalue weighted by molar-refractivity contribution is 0.0982. The number of carbonyl (C=O) groups excluding carboxylic acids is 1. The van der Waals surface area contributed by atoms with E-state index in [0.29, 0.717) is 15.6 Å². The average Bonchev–Trinajstić information content (AvgIpc) is 2.87. The van der Waals surface area contributed by atoms with E-state index >= 15 is 0 Å². The second-order valence-electron chi connectivity index (χ2n) is 4.66. The van der Waals surface area contributed by atoms with Crippen LogP contribution in [0.5, 0.6) is 0 Å². The third-order valence-corrected chi connectivity index (χ3v) is 4.95. The Morgan fingerprint density at radius 1 is 1.13 bits per heavy atom. The van der Waals surface area contributed by atoms with Crippen LogP contribution in [0.3, 0.4) is 0 Å². The first-order valence-electron chi connectivity index (χ1n) is 6.59. The molecule has 0 atom stereocenters. The largest absolute Gasteiger partial charge is 0.332 e. The summed E-state index contributed by atoms with van der Waals surface area (Å²) in [7, 11) is 0. The molecule has 116 valence electrons. The highest BCUT2D eigenvalue weighted by Gasteiger charge is 2.17. The number of amides is 1. The molecule has 3 aromatic rings. The van der Waals surface area contributed by atoms with Crippen LogP contribution in [0.1, 0.15) is 9.67 Å². The van der Waals surface area contributed by atoms with E-state index in [9.17, 15) is 9.18 Å². The van der Waals surface area contributed by atoms with Crippen molar-refractivity contribution in [1.29, 1.82) is 0 Å². The highest BCUT2D eigenvalue weighted by Crippen LogP contribution is 2.34. The standard InChI is InChI=1S/C16H10ClFN2OS2/c17-13-11-3-1-2-4-12(11)23-14(13)15(21)20-16(22)19-10-7-5-9(18)6-8-10/h1-8H,(H2,19,20,21,22). The maximum Gasteiger partial charge on any atom is 0.269 e. The van der Waals surface area contributed by atoms with Crippen molar-refractivity contribution in [2.75, 3.05) is 5.32 Å². The zero-order valence-electron chi connectivity index (χ0n) is 11.6. The molecule has 0 bridgehead atoms. The van der Waals surface area contributed by atoms with E-state index in [4.69, 9.17) is 23.8 Å². The van der Waals surface area contributed by atoms with Crippen molar-refractivity contribution in [3.8, 4) is 0 Å². The summed E-state index contributed by atoms with van der Waals surface area (Å²) in [4.78, 5) is 12.7. The van der Waals surface area contributed by atoms with Crippen LogP contribution in [0.25, 0.3) is 10.1 Å². The summed E-state index contributed by atoms with van der Waals surface area (Å²) >= 11 is 12.7. The monoisotopic (exact) mass is 364 g/mol. The smallest absolute Gasteiger partial charge is 0.269 e. The maximum absolute atomic E-state index is 12.9. The molecule has 7 heteroatoms. The number of nitrogens with one attached hydrogen (secondary N) is 2. The van der Waals surface area contributed by atoms with Gasteiger partial charge in [-0.15, -0.1) is 11.3 Å². The summed E-state index contributed by atoms with van der Waals surface area (Å²) in [6, 6.07) is 13.2. The summed E-state index contributed by atoms with van der Waals surface area (Å²) in [6.07, 6.45) is 0. The van der Waals surface area contributed by atoms with E-state index in [0.717, 1.165) is 10.1 Å². The molecule has 0 saturated carbocycles. The fourth-order valence-electron chi connectivity index (χ4n) is 2.02. The Hall–Kier alpha value is -2.02. The molecule has 0 aliphatic rings. The number of thiophene rings is 1. The Bertz CT molecular complexity index is 893. The summed E-state index contributed by atoms with van der Waals surface area (Å²) < 4.78 is 13.8. The van der Waals surface area contributed by atoms with Crippen molar-refractivity contribution < 1.29 is 9.18 Å². The molecule has 0 unspecified atom stereocenters. The number of rotatable bonds is 2. The van der Waals surface area contributed by atoms with Crippen molar-refractivity contribution >= 4 is 61.9 Å². The average molecular weight is 365 g/mol.